The molecule has 0 aliphatic carbocycles. The second-order valence-electron chi connectivity index (χ2n) is 6.53. The lowest BCUT2D eigenvalue weighted by Crippen LogP contribution is -2.38. The summed E-state index contributed by atoms with van der Waals surface area (Å²) in [5.41, 5.74) is 8.49. The van der Waals surface area contributed by atoms with E-state index in [4.69, 9.17) is 4.42 Å². The molecule has 3 N–H and O–H groups in total. The first kappa shape index (κ1) is 17.7. The Balaban J connectivity index is 1.46. The minimum absolute atomic E-state index is 0.276. The average Bonchev–Trinajstić information content (AvgIpc) is 3.46. The Labute approximate surface area is 170 Å². The summed E-state index contributed by atoms with van der Waals surface area (Å²) in [6.07, 6.45) is 1.56. The van der Waals surface area contributed by atoms with E-state index >= 15 is 0 Å². The zero-order valence-electron chi connectivity index (χ0n) is 15.7. The van der Waals surface area contributed by atoms with E-state index < -0.39 is 6.03 Å². The smallest absolute Gasteiger partial charge is 0.333 e. The van der Waals surface area contributed by atoms with Gasteiger partial charge in [0.2, 0.25) is 0 Å². The third-order valence-electron chi connectivity index (χ3n) is 4.60. The topological polar surface area (TPSA) is 109 Å². The van der Waals surface area contributed by atoms with Gasteiger partial charge in [0.25, 0.3) is 0 Å². The molecule has 0 fully saturated rings. The van der Waals surface area contributed by atoms with Crippen molar-refractivity contribution in [1.82, 2.24) is 30.6 Å². The summed E-state index contributed by atoms with van der Waals surface area (Å²) in [6, 6.07) is 20.5. The maximum absolute atomic E-state index is 12.2. The fourth-order valence-corrected chi connectivity index (χ4v) is 3.18. The first-order chi connectivity index (χ1) is 14.8. The van der Waals surface area contributed by atoms with Gasteiger partial charge in [-0.3, -0.25) is 10.9 Å². The Hall–Kier alpha value is -4.40. The molecule has 0 aliphatic rings. The number of para-hydroxylation sites is 1. The van der Waals surface area contributed by atoms with E-state index in [2.05, 4.69) is 31.5 Å². The van der Waals surface area contributed by atoms with Crippen molar-refractivity contribution in [3.63, 3.8) is 0 Å². The van der Waals surface area contributed by atoms with Crippen LogP contribution < -0.4 is 16.2 Å². The Morgan fingerprint density at radius 1 is 1.00 bits per heavy atom. The molecule has 5 rings (SSSR count). The number of nitrogens with one attached hydrogen (secondary N) is 3. The number of aromatic nitrogens is 4. The minimum Gasteiger partial charge on any atom is -0.467 e. The summed E-state index contributed by atoms with van der Waals surface area (Å²) in [5, 5.41) is 12.1. The molecule has 9 nitrogen and oxygen atoms in total. The number of rotatable bonds is 5. The molecule has 2 aromatic carbocycles. The number of hydrogen-bond acceptors (Lipinski definition) is 6. The van der Waals surface area contributed by atoms with Crippen molar-refractivity contribution in [2.75, 3.05) is 5.43 Å². The zero-order chi connectivity index (χ0) is 20.3. The van der Waals surface area contributed by atoms with E-state index in [-0.39, 0.29) is 6.54 Å². The Morgan fingerprint density at radius 3 is 2.67 bits per heavy atom. The standard InChI is InChI=1S/C21H17N7O2/c29-21(22-13-15-9-6-12-30-15)26-25-19-16-10-4-5-11-17(16)28-20(23-19)18(24-27-28)14-7-2-1-3-8-14/h1-12H,13H2,(H,23,25)(H2,22,26,29). The third kappa shape index (κ3) is 3.28. The van der Waals surface area contributed by atoms with Crippen LogP contribution in [0.2, 0.25) is 0 Å². The molecule has 0 aliphatic heterocycles. The Bertz CT molecular complexity index is 1310. The van der Waals surface area contributed by atoms with Gasteiger partial charge in [-0.15, -0.1) is 5.10 Å². The molecule has 0 unspecified atom stereocenters. The number of carbonyl (C=O) groups is 1. The number of hydrogen-bond donors (Lipinski definition) is 3. The van der Waals surface area contributed by atoms with Gasteiger partial charge >= 0.3 is 6.03 Å². The zero-order valence-corrected chi connectivity index (χ0v) is 15.7. The number of fused-ring (bicyclic) bond motifs is 3. The number of amides is 2. The largest absolute Gasteiger partial charge is 0.467 e. The second kappa shape index (κ2) is 7.55. The Morgan fingerprint density at radius 2 is 1.83 bits per heavy atom. The van der Waals surface area contributed by atoms with Crippen LogP contribution in [0.15, 0.2) is 77.4 Å². The van der Waals surface area contributed by atoms with Gasteiger partial charge in [0.15, 0.2) is 11.5 Å². The van der Waals surface area contributed by atoms with Crippen LogP contribution in [0, 0.1) is 0 Å². The number of anilines is 1. The van der Waals surface area contributed by atoms with Gasteiger partial charge in [-0.2, -0.15) is 4.52 Å². The van der Waals surface area contributed by atoms with Crippen molar-refractivity contribution in [3.05, 3.63) is 78.8 Å². The Kier molecular flexibility index (Phi) is 4.45. The van der Waals surface area contributed by atoms with Crippen molar-refractivity contribution in [3.8, 4) is 11.3 Å². The lowest BCUT2D eigenvalue weighted by atomic mass is 10.1. The molecule has 0 radical (unpaired) electrons. The van der Waals surface area contributed by atoms with Crippen LogP contribution in [0.1, 0.15) is 5.76 Å². The highest BCUT2D eigenvalue weighted by molar-refractivity contribution is 5.93. The lowest BCUT2D eigenvalue weighted by Gasteiger charge is -2.12. The van der Waals surface area contributed by atoms with Gasteiger partial charge < -0.3 is 9.73 Å². The fourth-order valence-electron chi connectivity index (χ4n) is 3.18. The van der Waals surface area contributed by atoms with Gasteiger partial charge in [-0.05, 0) is 24.3 Å². The molecule has 30 heavy (non-hydrogen) atoms. The predicted octanol–water partition coefficient (Wildman–Crippen LogP) is 3.36. The van der Waals surface area contributed by atoms with Gasteiger partial charge in [0, 0.05) is 10.9 Å². The predicted molar refractivity (Wildman–Crippen MR) is 111 cm³/mol. The molecule has 2 amide bonds. The van der Waals surface area contributed by atoms with Crippen LogP contribution in [-0.2, 0) is 6.54 Å². The number of urea groups is 1. The van der Waals surface area contributed by atoms with Crippen molar-refractivity contribution < 1.29 is 9.21 Å². The van der Waals surface area contributed by atoms with E-state index in [0.717, 1.165) is 16.5 Å². The highest BCUT2D eigenvalue weighted by Crippen LogP contribution is 2.27. The van der Waals surface area contributed by atoms with Crippen molar-refractivity contribution >= 4 is 28.4 Å². The molecule has 5 aromatic rings. The summed E-state index contributed by atoms with van der Waals surface area (Å²) in [4.78, 5) is 16.9. The van der Waals surface area contributed by atoms with Gasteiger partial charge in [-0.1, -0.05) is 47.7 Å². The van der Waals surface area contributed by atoms with E-state index in [1.54, 1.807) is 22.9 Å². The van der Waals surface area contributed by atoms with Crippen molar-refractivity contribution in [2.24, 2.45) is 0 Å². The number of nitrogens with zero attached hydrogens (tertiary/aromatic N) is 4. The molecule has 148 valence electrons. The summed E-state index contributed by atoms with van der Waals surface area (Å²) in [6.45, 7) is 0.276. The van der Waals surface area contributed by atoms with Crippen LogP contribution in [0.4, 0.5) is 10.6 Å². The molecule has 0 saturated heterocycles. The maximum atomic E-state index is 12.2. The van der Waals surface area contributed by atoms with E-state index in [9.17, 15) is 4.79 Å². The maximum Gasteiger partial charge on any atom is 0.333 e. The highest BCUT2D eigenvalue weighted by atomic mass is 16.3. The minimum atomic E-state index is -0.410. The second-order valence-corrected chi connectivity index (χ2v) is 6.53. The summed E-state index contributed by atoms with van der Waals surface area (Å²) in [5.74, 6) is 1.15. The number of hydrazine groups is 1. The van der Waals surface area contributed by atoms with Gasteiger partial charge in [-0.25, -0.2) is 9.78 Å². The van der Waals surface area contributed by atoms with Crippen LogP contribution in [-0.4, -0.2) is 25.8 Å². The molecule has 0 spiro atoms. The molecule has 3 heterocycles. The highest BCUT2D eigenvalue weighted by Gasteiger charge is 2.15. The third-order valence-corrected chi connectivity index (χ3v) is 4.60. The van der Waals surface area contributed by atoms with Crippen LogP contribution in [0.25, 0.3) is 27.8 Å². The number of carbonyl (C=O) groups excluding carboxylic acids is 1. The van der Waals surface area contributed by atoms with Gasteiger partial charge in [0.1, 0.15) is 11.5 Å². The number of furan rings is 1. The van der Waals surface area contributed by atoms with E-state index in [0.29, 0.717) is 22.9 Å². The summed E-state index contributed by atoms with van der Waals surface area (Å²) in [7, 11) is 0. The van der Waals surface area contributed by atoms with E-state index in [1.807, 2.05) is 54.6 Å². The SMILES string of the molecule is O=C(NCc1ccco1)NNc1nc2c(-c3ccccc3)nnn2c2ccccc12. The van der Waals surface area contributed by atoms with Gasteiger partial charge in [0.05, 0.1) is 18.3 Å². The molecular formula is C21H17N7O2. The normalized spacial score (nSPS) is 10.9. The van der Waals surface area contributed by atoms with Crippen LogP contribution >= 0.6 is 0 Å². The molecule has 0 atom stereocenters. The first-order valence-corrected chi connectivity index (χ1v) is 9.31. The van der Waals surface area contributed by atoms with Crippen molar-refractivity contribution in [2.45, 2.75) is 6.54 Å². The van der Waals surface area contributed by atoms with E-state index in [1.165, 1.54) is 0 Å². The first-order valence-electron chi connectivity index (χ1n) is 9.31. The van der Waals surface area contributed by atoms with Crippen molar-refractivity contribution in [1.29, 1.82) is 0 Å². The molecule has 0 saturated carbocycles. The molecule has 9 heteroatoms. The lowest BCUT2D eigenvalue weighted by molar-refractivity contribution is 0.241. The van der Waals surface area contributed by atoms with Crippen LogP contribution in [0.5, 0.6) is 0 Å². The quantitative estimate of drug-likeness (QED) is 0.391. The molecular weight excluding hydrogens is 382 g/mol. The monoisotopic (exact) mass is 399 g/mol. The fraction of sp³-hybridized carbons (Fsp3) is 0.0476. The summed E-state index contributed by atoms with van der Waals surface area (Å²) >= 11 is 0. The average molecular weight is 399 g/mol. The number of benzene rings is 2. The molecule has 0 bridgehead atoms. The summed E-state index contributed by atoms with van der Waals surface area (Å²) < 4.78 is 6.90. The van der Waals surface area contributed by atoms with Crippen LogP contribution in [0.3, 0.4) is 0 Å². The molecule has 3 aromatic heterocycles.